The Kier molecular flexibility index (Phi) is 7.25. The second-order valence-corrected chi connectivity index (χ2v) is 5.70. The molecular weight excluding hydrogens is 298 g/mol. The van der Waals surface area contributed by atoms with E-state index in [0.717, 1.165) is 12.8 Å². The van der Waals surface area contributed by atoms with E-state index in [4.69, 9.17) is 5.11 Å². The number of carbonyl (C=O) groups is 3. The number of aliphatic carboxylic acids is 1. The van der Waals surface area contributed by atoms with Gasteiger partial charge in [0.2, 0.25) is 5.91 Å². The number of carbonyl (C=O) groups excluding carboxylic acids is 1. The average molecular weight is 321 g/mol. The lowest BCUT2D eigenvalue weighted by Gasteiger charge is -2.19. The summed E-state index contributed by atoms with van der Waals surface area (Å²) >= 11 is 0. The van der Waals surface area contributed by atoms with Gasteiger partial charge in [-0.05, 0) is 36.6 Å². The standard InChI is InChI=1S/C17H23NO5/c1-3-4-5-14(17(22)23)11(2)10-15(19)18-13-8-6-12(7-9-13)16(20)21/h6-9,11,14H,3-5,10H2,1-2H3,(H,18,19)(H,20,21)(H,22,23). The van der Waals surface area contributed by atoms with Gasteiger partial charge in [0.05, 0.1) is 11.5 Å². The molecule has 1 amide bonds. The van der Waals surface area contributed by atoms with Gasteiger partial charge in [0, 0.05) is 12.1 Å². The molecule has 0 saturated heterocycles. The molecule has 0 aromatic heterocycles. The van der Waals surface area contributed by atoms with Gasteiger partial charge >= 0.3 is 11.9 Å². The van der Waals surface area contributed by atoms with Crippen LogP contribution in [0.15, 0.2) is 24.3 Å². The monoisotopic (exact) mass is 321 g/mol. The van der Waals surface area contributed by atoms with Gasteiger partial charge in [-0.25, -0.2) is 4.79 Å². The molecule has 0 heterocycles. The molecule has 1 aromatic rings. The highest BCUT2D eigenvalue weighted by Crippen LogP contribution is 2.22. The minimum absolute atomic E-state index is 0.112. The summed E-state index contributed by atoms with van der Waals surface area (Å²) in [5, 5.41) is 20.7. The van der Waals surface area contributed by atoms with Crippen molar-refractivity contribution in [3.8, 4) is 0 Å². The molecule has 0 aliphatic rings. The predicted octanol–water partition coefficient (Wildman–Crippen LogP) is 3.24. The summed E-state index contributed by atoms with van der Waals surface area (Å²) in [6.45, 7) is 3.76. The molecule has 0 aliphatic carbocycles. The highest BCUT2D eigenvalue weighted by molar-refractivity contribution is 5.92. The molecule has 2 unspecified atom stereocenters. The maximum atomic E-state index is 12.0. The Bertz CT molecular complexity index is 553. The number of aromatic carboxylic acids is 1. The molecule has 1 aromatic carbocycles. The van der Waals surface area contributed by atoms with Gasteiger partial charge in [-0.1, -0.05) is 26.7 Å². The van der Waals surface area contributed by atoms with Crippen LogP contribution in [0.2, 0.25) is 0 Å². The lowest BCUT2D eigenvalue weighted by molar-refractivity contribution is -0.144. The van der Waals surface area contributed by atoms with Crippen LogP contribution < -0.4 is 5.32 Å². The van der Waals surface area contributed by atoms with Crippen molar-refractivity contribution in [2.45, 2.75) is 39.5 Å². The smallest absolute Gasteiger partial charge is 0.335 e. The molecule has 1 rings (SSSR count). The average Bonchev–Trinajstić information content (AvgIpc) is 2.47. The number of unbranched alkanes of at least 4 members (excludes halogenated alkanes) is 1. The minimum Gasteiger partial charge on any atom is -0.481 e. The molecule has 0 aliphatic heterocycles. The molecule has 3 N–H and O–H groups in total. The van der Waals surface area contributed by atoms with Crippen LogP contribution in [0.3, 0.4) is 0 Å². The van der Waals surface area contributed by atoms with Crippen LogP contribution in [0.1, 0.15) is 49.9 Å². The van der Waals surface area contributed by atoms with Crippen molar-refractivity contribution >= 4 is 23.5 Å². The van der Waals surface area contributed by atoms with Gasteiger partial charge in [0.15, 0.2) is 0 Å². The van der Waals surface area contributed by atoms with Crippen LogP contribution in [0, 0.1) is 11.8 Å². The normalized spacial score (nSPS) is 13.1. The van der Waals surface area contributed by atoms with Gasteiger partial charge in [0.25, 0.3) is 0 Å². The molecule has 0 fully saturated rings. The summed E-state index contributed by atoms with van der Waals surface area (Å²) < 4.78 is 0. The van der Waals surface area contributed by atoms with E-state index in [0.29, 0.717) is 12.1 Å². The zero-order valence-electron chi connectivity index (χ0n) is 13.4. The summed E-state index contributed by atoms with van der Waals surface area (Å²) in [6, 6.07) is 5.83. The van der Waals surface area contributed by atoms with E-state index in [1.165, 1.54) is 24.3 Å². The quantitative estimate of drug-likeness (QED) is 0.648. The molecule has 0 spiro atoms. The van der Waals surface area contributed by atoms with E-state index in [2.05, 4.69) is 5.32 Å². The van der Waals surface area contributed by atoms with E-state index >= 15 is 0 Å². The zero-order valence-corrected chi connectivity index (χ0v) is 13.4. The summed E-state index contributed by atoms with van der Waals surface area (Å²) in [5.74, 6) is -2.97. The van der Waals surface area contributed by atoms with Gasteiger partial charge in [-0.2, -0.15) is 0 Å². The van der Waals surface area contributed by atoms with E-state index in [-0.39, 0.29) is 23.8 Å². The number of rotatable bonds is 9. The molecule has 126 valence electrons. The van der Waals surface area contributed by atoms with Crippen molar-refractivity contribution in [1.82, 2.24) is 0 Å². The molecule has 0 radical (unpaired) electrons. The first-order valence-corrected chi connectivity index (χ1v) is 7.71. The highest BCUT2D eigenvalue weighted by Gasteiger charge is 2.25. The second-order valence-electron chi connectivity index (χ2n) is 5.70. The SMILES string of the molecule is CCCCC(C(=O)O)C(C)CC(=O)Nc1ccc(C(=O)O)cc1. The zero-order chi connectivity index (χ0) is 17.4. The van der Waals surface area contributed by atoms with Gasteiger partial charge < -0.3 is 15.5 Å². The van der Waals surface area contributed by atoms with E-state index in [1.807, 2.05) is 6.92 Å². The number of carboxylic acids is 2. The highest BCUT2D eigenvalue weighted by atomic mass is 16.4. The Hall–Kier alpha value is -2.37. The van der Waals surface area contributed by atoms with Crippen LogP contribution in [-0.4, -0.2) is 28.1 Å². The van der Waals surface area contributed by atoms with Crippen LogP contribution in [0.4, 0.5) is 5.69 Å². The van der Waals surface area contributed by atoms with Crippen molar-refractivity contribution in [3.63, 3.8) is 0 Å². The number of nitrogens with one attached hydrogen (secondary N) is 1. The van der Waals surface area contributed by atoms with E-state index < -0.39 is 17.9 Å². The van der Waals surface area contributed by atoms with Crippen LogP contribution >= 0.6 is 0 Å². The fourth-order valence-corrected chi connectivity index (χ4v) is 2.42. The van der Waals surface area contributed by atoms with E-state index in [9.17, 15) is 19.5 Å². The number of benzene rings is 1. The molecule has 2 atom stereocenters. The first-order valence-electron chi connectivity index (χ1n) is 7.71. The first kappa shape index (κ1) is 18.7. The van der Waals surface area contributed by atoms with Crippen LogP contribution in [-0.2, 0) is 9.59 Å². The maximum absolute atomic E-state index is 12.0. The Labute approximate surface area is 135 Å². The van der Waals surface area contributed by atoms with Gasteiger partial charge in [-0.3, -0.25) is 9.59 Å². The lowest BCUT2D eigenvalue weighted by atomic mass is 9.87. The summed E-state index contributed by atoms with van der Waals surface area (Å²) in [5.41, 5.74) is 0.634. The summed E-state index contributed by atoms with van der Waals surface area (Å²) in [7, 11) is 0. The van der Waals surface area contributed by atoms with Crippen molar-refractivity contribution in [3.05, 3.63) is 29.8 Å². The number of anilines is 1. The molecule has 0 saturated carbocycles. The number of hydrogen-bond donors (Lipinski definition) is 3. The number of hydrogen-bond acceptors (Lipinski definition) is 3. The third-order valence-corrected chi connectivity index (χ3v) is 3.80. The summed E-state index contributed by atoms with van der Waals surface area (Å²) in [4.78, 5) is 34.1. The lowest BCUT2D eigenvalue weighted by Crippen LogP contribution is -2.26. The largest absolute Gasteiger partial charge is 0.481 e. The third kappa shape index (κ3) is 6.10. The van der Waals surface area contributed by atoms with Crippen molar-refractivity contribution in [2.75, 3.05) is 5.32 Å². The topological polar surface area (TPSA) is 104 Å². The molecule has 23 heavy (non-hydrogen) atoms. The molecular formula is C17H23NO5. The summed E-state index contributed by atoms with van der Waals surface area (Å²) in [6.07, 6.45) is 2.41. The second kappa shape index (κ2) is 8.92. The fourth-order valence-electron chi connectivity index (χ4n) is 2.42. The van der Waals surface area contributed by atoms with Crippen molar-refractivity contribution < 1.29 is 24.6 Å². The third-order valence-electron chi connectivity index (χ3n) is 3.80. The van der Waals surface area contributed by atoms with Crippen LogP contribution in [0.25, 0.3) is 0 Å². The van der Waals surface area contributed by atoms with Crippen molar-refractivity contribution in [2.24, 2.45) is 11.8 Å². The van der Waals surface area contributed by atoms with Crippen LogP contribution in [0.5, 0.6) is 0 Å². The molecule has 0 bridgehead atoms. The maximum Gasteiger partial charge on any atom is 0.335 e. The Morgan fingerprint density at radius 1 is 1.13 bits per heavy atom. The Morgan fingerprint density at radius 3 is 2.22 bits per heavy atom. The van der Waals surface area contributed by atoms with Gasteiger partial charge in [-0.15, -0.1) is 0 Å². The first-order chi connectivity index (χ1) is 10.8. The van der Waals surface area contributed by atoms with Gasteiger partial charge in [0.1, 0.15) is 0 Å². The van der Waals surface area contributed by atoms with E-state index in [1.54, 1.807) is 6.92 Å². The fraction of sp³-hybridized carbons (Fsp3) is 0.471. The Balaban J connectivity index is 2.60. The number of carboxylic acid groups (broad SMARTS) is 2. The minimum atomic E-state index is -1.03. The molecule has 6 nitrogen and oxygen atoms in total. The molecule has 6 heteroatoms. The number of amides is 1. The van der Waals surface area contributed by atoms with Crippen molar-refractivity contribution in [1.29, 1.82) is 0 Å². The predicted molar refractivity (Wildman–Crippen MR) is 86.5 cm³/mol. The Morgan fingerprint density at radius 2 is 1.74 bits per heavy atom.